The van der Waals surface area contributed by atoms with E-state index in [1.165, 1.54) is 0 Å². The third-order valence-corrected chi connectivity index (χ3v) is 5.21. The molecule has 3 rings (SSSR count). The van der Waals surface area contributed by atoms with Crippen LogP contribution in [0.4, 0.5) is 4.79 Å². The Kier molecular flexibility index (Phi) is 7.49. The highest BCUT2D eigenvalue weighted by Crippen LogP contribution is 2.25. The van der Waals surface area contributed by atoms with Crippen LogP contribution >= 0.6 is 11.6 Å². The van der Waals surface area contributed by atoms with Crippen LogP contribution in [0.1, 0.15) is 50.1 Å². The van der Waals surface area contributed by atoms with Crippen LogP contribution in [0.2, 0.25) is 5.02 Å². The quantitative estimate of drug-likeness (QED) is 0.660. The van der Waals surface area contributed by atoms with Crippen LogP contribution in [-0.2, 0) is 4.74 Å². The Labute approximate surface area is 188 Å². The maximum absolute atomic E-state index is 12.7. The molecule has 1 aliphatic rings. The zero-order valence-corrected chi connectivity index (χ0v) is 19.0. The number of likely N-dealkylation sites (tertiary alicyclic amines) is 1. The molecule has 31 heavy (non-hydrogen) atoms. The van der Waals surface area contributed by atoms with Gasteiger partial charge in [0.05, 0.1) is 6.54 Å². The van der Waals surface area contributed by atoms with Crippen molar-refractivity contribution in [1.29, 1.82) is 0 Å². The van der Waals surface area contributed by atoms with E-state index in [2.05, 4.69) is 5.32 Å². The van der Waals surface area contributed by atoms with Gasteiger partial charge in [0, 0.05) is 30.4 Å². The predicted octanol–water partition coefficient (Wildman–Crippen LogP) is 4.52. The van der Waals surface area contributed by atoms with Gasteiger partial charge < -0.3 is 24.3 Å². The van der Waals surface area contributed by atoms with Crippen molar-refractivity contribution >= 4 is 23.6 Å². The molecule has 0 spiro atoms. The standard InChI is InChI=1S/C23H30ClN3O4/c1-23(2,3)31-22(29)26-13-9-18(10-14-26)27-12-5-8-20(27)21(28)25-11-15-30-19-7-4-6-17(24)16-19/h4-8,12,16,18H,9-11,13-15H2,1-3H3,(H,25,28). The van der Waals surface area contributed by atoms with Crippen molar-refractivity contribution in [3.8, 4) is 5.75 Å². The Morgan fingerprint density at radius 2 is 1.90 bits per heavy atom. The average molecular weight is 448 g/mol. The van der Waals surface area contributed by atoms with Crippen molar-refractivity contribution in [3.05, 3.63) is 53.3 Å². The second-order valence-corrected chi connectivity index (χ2v) is 9.00. The lowest BCUT2D eigenvalue weighted by molar-refractivity contribution is 0.0187. The van der Waals surface area contributed by atoms with E-state index in [1.54, 1.807) is 17.0 Å². The minimum atomic E-state index is -0.504. The van der Waals surface area contributed by atoms with Crippen LogP contribution < -0.4 is 10.1 Å². The molecule has 1 saturated heterocycles. The Bertz CT molecular complexity index is 898. The summed E-state index contributed by atoms with van der Waals surface area (Å²) in [5.41, 5.74) is 0.106. The Balaban J connectivity index is 1.48. The van der Waals surface area contributed by atoms with Gasteiger partial charge in [-0.15, -0.1) is 0 Å². The van der Waals surface area contributed by atoms with Crippen LogP contribution in [-0.4, -0.2) is 53.3 Å². The summed E-state index contributed by atoms with van der Waals surface area (Å²) in [4.78, 5) is 26.7. The summed E-state index contributed by atoms with van der Waals surface area (Å²) in [5, 5.41) is 3.51. The van der Waals surface area contributed by atoms with Crippen LogP contribution in [0.25, 0.3) is 0 Å². The summed E-state index contributed by atoms with van der Waals surface area (Å²) < 4.78 is 13.1. The first kappa shape index (κ1) is 23.0. The van der Waals surface area contributed by atoms with Gasteiger partial charge in [-0.05, 0) is 63.9 Å². The van der Waals surface area contributed by atoms with Gasteiger partial charge >= 0.3 is 6.09 Å². The lowest BCUT2D eigenvalue weighted by atomic mass is 10.0. The van der Waals surface area contributed by atoms with Crippen molar-refractivity contribution in [2.45, 2.75) is 45.3 Å². The number of piperidine rings is 1. The maximum atomic E-state index is 12.7. The van der Waals surface area contributed by atoms with Gasteiger partial charge in [-0.3, -0.25) is 4.79 Å². The lowest BCUT2D eigenvalue weighted by Gasteiger charge is -2.34. The number of nitrogens with one attached hydrogen (secondary N) is 1. The summed E-state index contributed by atoms with van der Waals surface area (Å²) in [6.07, 6.45) is 3.18. The third kappa shape index (κ3) is 6.66. The Hall–Kier alpha value is -2.67. The fourth-order valence-corrected chi connectivity index (χ4v) is 3.72. The molecule has 0 aliphatic carbocycles. The summed E-state index contributed by atoms with van der Waals surface area (Å²) in [5.74, 6) is 0.524. The molecule has 7 nitrogen and oxygen atoms in total. The molecule has 1 N–H and O–H groups in total. The van der Waals surface area contributed by atoms with E-state index in [1.807, 2.05) is 55.8 Å². The van der Waals surface area contributed by atoms with E-state index in [4.69, 9.17) is 21.1 Å². The number of nitrogens with zero attached hydrogens (tertiary/aromatic N) is 2. The number of carbonyl (C=O) groups excluding carboxylic acids is 2. The number of aromatic nitrogens is 1. The number of carbonyl (C=O) groups is 2. The molecule has 0 atom stereocenters. The fourth-order valence-electron chi connectivity index (χ4n) is 3.54. The number of halogens is 1. The fraction of sp³-hybridized carbons (Fsp3) is 0.478. The SMILES string of the molecule is CC(C)(C)OC(=O)N1CCC(n2cccc2C(=O)NCCOc2cccc(Cl)c2)CC1. The largest absolute Gasteiger partial charge is 0.492 e. The Morgan fingerprint density at radius 3 is 2.58 bits per heavy atom. The minimum Gasteiger partial charge on any atom is -0.492 e. The van der Waals surface area contributed by atoms with E-state index in [0.717, 1.165) is 12.8 Å². The molecule has 8 heteroatoms. The van der Waals surface area contributed by atoms with Crippen LogP contribution in [0.15, 0.2) is 42.6 Å². The van der Waals surface area contributed by atoms with E-state index in [-0.39, 0.29) is 18.0 Å². The maximum Gasteiger partial charge on any atom is 0.410 e. The molecule has 0 bridgehead atoms. The highest BCUT2D eigenvalue weighted by molar-refractivity contribution is 6.30. The van der Waals surface area contributed by atoms with E-state index >= 15 is 0 Å². The molecule has 0 saturated carbocycles. The summed E-state index contributed by atoms with van der Waals surface area (Å²) in [6, 6.07) is 11.0. The van der Waals surface area contributed by atoms with Crippen molar-refractivity contribution in [2.24, 2.45) is 0 Å². The van der Waals surface area contributed by atoms with Gasteiger partial charge in [0.25, 0.3) is 5.91 Å². The van der Waals surface area contributed by atoms with Gasteiger partial charge in [0.15, 0.2) is 0 Å². The monoisotopic (exact) mass is 447 g/mol. The molecule has 1 aliphatic heterocycles. The number of amides is 2. The Morgan fingerprint density at radius 1 is 1.16 bits per heavy atom. The number of rotatable bonds is 6. The van der Waals surface area contributed by atoms with E-state index in [9.17, 15) is 9.59 Å². The molecule has 2 amide bonds. The third-order valence-electron chi connectivity index (χ3n) is 4.97. The van der Waals surface area contributed by atoms with Gasteiger partial charge in [-0.2, -0.15) is 0 Å². The van der Waals surface area contributed by atoms with Gasteiger partial charge in [-0.1, -0.05) is 17.7 Å². The molecular formula is C23H30ClN3O4. The van der Waals surface area contributed by atoms with E-state index < -0.39 is 5.60 Å². The predicted molar refractivity (Wildman–Crippen MR) is 120 cm³/mol. The lowest BCUT2D eigenvalue weighted by Crippen LogP contribution is -2.42. The van der Waals surface area contributed by atoms with Crippen LogP contribution in [0.3, 0.4) is 0 Å². The van der Waals surface area contributed by atoms with Crippen molar-refractivity contribution in [1.82, 2.24) is 14.8 Å². The summed E-state index contributed by atoms with van der Waals surface area (Å²) in [6.45, 7) is 7.53. The van der Waals surface area contributed by atoms with Crippen molar-refractivity contribution in [2.75, 3.05) is 26.2 Å². The van der Waals surface area contributed by atoms with Gasteiger partial charge in [0.2, 0.25) is 0 Å². The van der Waals surface area contributed by atoms with Crippen LogP contribution in [0, 0.1) is 0 Å². The number of hydrogen-bond acceptors (Lipinski definition) is 4. The first-order valence-electron chi connectivity index (χ1n) is 10.5. The molecule has 0 unspecified atom stereocenters. The average Bonchev–Trinajstić information content (AvgIpc) is 3.20. The molecular weight excluding hydrogens is 418 g/mol. The van der Waals surface area contributed by atoms with Gasteiger partial charge in [0.1, 0.15) is 23.7 Å². The zero-order chi connectivity index (χ0) is 22.4. The molecule has 2 heterocycles. The summed E-state index contributed by atoms with van der Waals surface area (Å²) >= 11 is 5.94. The topological polar surface area (TPSA) is 72.8 Å². The highest BCUT2D eigenvalue weighted by Gasteiger charge is 2.28. The number of ether oxygens (including phenoxy) is 2. The van der Waals surface area contributed by atoms with Crippen LogP contribution in [0.5, 0.6) is 5.75 Å². The molecule has 1 aromatic carbocycles. The van der Waals surface area contributed by atoms with Crippen molar-refractivity contribution < 1.29 is 19.1 Å². The van der Waals surface area contributed by atoms with Crippen molar-refractivity contribution in [3.63, 3.8) is 0 Å². The highest BCUT2D eigenvalue weighted by atomic mass is 35.5. The minimum absolute atomic E-state index is 0.144. The first-order valence-corrected chi connectivity index (χ1v) is 10.9. The molecule has 0 radical (unpaired) electrons. The van der Waals surface area contributed by atoms with E-state index in [0.29, 0.717) is 42.7 Å². The molecule has 168 valence electrons. The normalized spacial score (nSPS) is 14.9. The smallest absolute Gasteiger partial charge is 0.410 e. The second-order valence-electron chi connectivity index (χ2n) is 8.56. The molecule has 1 aromatic heterocycles. The zero-order valence-electron chi connectivity index (χ0n) is 18.3. The summed E-state index contributed by atoms with van der Waals surface area (Å²) in [7, 11) is 0. The molecule has 1 fully saturated rings. The number of hydrogen-bond donors (Lipinski definition) is 1. The first-order chi connectivity index (χ1) is 14.7. The second kappa shape index (κ2) is 10.1. The molecule has 2 aromatic rings. The number of benzene rings is 1. The van der Waals surface area contributed by atoms with Gasteiger partial charge in [-0.25, -0.2) is 4.79 Å².